The van der Waals surface area contributed by atoms with Gasteiger partial charge in [0.2, 0.25) is 5.91 Å². The van der Waals surface area contributed by atoms with E-state index in [2.05, 4.69) is 0 Å². The maximum atomic E-state index is 12.2. The number of carbonyl (C=O) groups excluding carboxylic acids is 3. The maximum absolute atomic E-state index is 12.2. The van der Waals surface area contributed by atoms with Gasteiger partial charge < -0.3 is 15.2 Å². The summed E-state index contributed by atoms with van der Waals surface area (Å²) in [5.41, 5.74) is 4.16. The Kier molecular flexibility index (Phi) is 4.67. The molecule has 7 heteroatoms. The molecule has 0 spiro atoms. The minimum atomic E-state index is -1.04. The van der Waals surface area contributed by atoms with Crippen molar-refractivity contribution in [3.05, 3.63) is 0 Å². The summed E-state index contributed by atoms with van der Waals surface area (Å²) in [6.07, 6.45) is -0.844. The number of ether oxygens (including phenoxy) is 2. The van der Waals surface area contributed by atoms with E-state index in [1.54, 1.807) is 41.5 Å². The normalized spacial score (nSPS) is 23.2. The third-order valence-electron chi connectivity index (χ3n) is 2.61. The fraction of sp³-hybridized carbons (Fsp3) is 0.786. The zero-order valence-corrected chi connectivity index (χ0v) is 13.4. The van der Waals surface area contributed by atoms with Gasteiger partial charge in [0.15, 0.2) is 0 Å². The molecule has 0 unspecified atom stereocenters. The molecule has 0 aliphatic carbocycles. The lowest BCUT2D eigenvalue weighted by Crippen LogP contribution is -2.48. The van der Waals surface area contributed by atoms with Crippen LogP contribution in [0.5, 0.6) is 0 Å². The van der Waals surface area contributed by atoms with Crippen LogP contribution in [0.3, 0.4) is 0 Å². The van der Waals surface area contributed by atoms with E-state index in [4.69, 9.17) is 15.2 Å². The zero-order valence-electron chi connectivity index (χ0n) is 13.4. The first-order valence-electron chi connectivity index (χ1n) is 6.86. The van der Waals surface area contributed by atoms with Crippen LogP contribution in [0.25, 0.3) is 0 Å². The molecular weight excluding hydrogens is 276 g/mol. The monoisotopic (exact) mass is 300 g/mol. The molecule has 2 N–H and O–H groups in total. The Labute approximate surface area is 124 Å². The summed E-state index contributed by atoms with van der Waals surface area (Å²) in [4.78, 5) is 37.0. The molecule has 0 radical (unpaired) electrons. The number of nitrogens with two attached hydrogens (primary N) is 1. The van der Waals surface area contributed by atoms with Crippen molar-refractivity contribution in [2.24, 2.45) is 5.73 Å². The van der Waals surface area contributed by atoms with E-state index < -0.39 is 41.3 Å². The van der Waals surface area contributed by atoms with Gasteiger partial charge in [0.05, 0.1) is 6.04 Å². The van der Waals surface area contributed by atoms with Gasteiger partial charge in [-0.2, -0.15) is 0 Å². The van der Waals surface area contributed by atoms with Gasteiger partial charge in [-0.1, -0.05) is 0 Å². The van der Waals surface area contributed by atoms with Crippen LogP contribution in [-0.2, 0) is 19.1 Å². The summed E-state index contributed by atoms with van der Waals surface area (Å²) in [5, 5.41) is 0. The standard InChI is InChI=1S/C14H24N2O5/c1-13(2,3)20-11(18)9-7-8(15)10(17)16(9)12(19)21-14(4,5)6/h8-9H,7,15H2,1-6H3/t8-,9-/m0/s1. The van der Waals surface area contributed by atoms with E-state index in [9.17, 15) is 14.4 Å². The lowest BCUT2D eigenvalue weighted by molar-refractivity contribution is -0.161. The number of hydrogen-bond donors (Lipinski definition) is 1. The molecule has 1 aliphatic rings. The van der Waals surface area contributed by atoms with Gasteiger partial charge in [0, 0.05) is 6.42 Å². The summed E-state index contributed by atoms with van der Waals surface area (Å²) < 4.78 is 10.4. The maximum Gasteiger partial charge on any atom is 0.417 e. The van der Waals surface area contributed by atoms with E-state index in [-0.39, 0.29) is 6.42 Å². The van der Waals surface area contributed by atoms with E-state index in [0.717, 1.165) is 4.90 Å². The number of carbonyl (C=O) groups is 3. The molecule has 0 bridgehead atoms. The van der Waals surface area contributed by atoms with E-state index in [1.165, 1.54) is 0 Å². The summed E-state index contributed by atoms with van der Waals surface area (Å²) in [6, 6.07) is -1.95. The number of esters is 1. The van der Waals surface area contributed by atoms with Crippen LogP contribution in [0, 0.1) is 0 Å². The Bertz CT molecular complexity index is 447. The van der Waals surface area contributed by atoms with Gasteiger partial charge in [0.1, 0.15) is 17.2 Å². The lowest BCUT2D eigenvalue weighted by atomic mass is 10.1. The molecule has 1 heterocycles. The van der Waals surface area contributed by atoms with Crippen molar-refractivity contribution in [1.29, 1.82) is 0 Å². The highest BCUT2D eigenvalue weighted by atomic mass is 16.6. The predicted molar refractivity (Wildman–Crippen MR) is 75.3 cm³/mol. The van der Waals surface area contributed by atoms with Gasteiger partial charge in [-0.3, -0.25) is 4.79 Å². The van der Waals surface area contributed by atoms with Gasteiger partial charge in [-0.25, -0.2) is 14.5 Å². The lowest BCUT2D eigenvalue weighted by Gasteiger charge is -2.28. The molecule has 2 amide bonds. The number of likely N-dealkylation sites (tertiary alicyclic amines) is 1. The van der Waals surface area contributed by atoms with E-state index in [1.807, 2.05) is 0 Å². The van der Waals surface area contributed by atoms with Crippen LogP contribution in [0.15, 0.2) is 0 Å². The zero-order chi connectivity index (χ0) is 16.6. The Morgan fingerprint density at radius 3 is 2.00 bits per heavy atom. The average molecular weight is 300 g/mol. The number of imide groups is 1. The Balaban J connectivity index is 2.94. The van der Waals surface area contributed by atoms with Crippen molar-refractivity contribution in [2.75, 3.05) is 0 Å². The molecule has 2 atom stereocenters. The summed E-state index contributed by atoms with van der Waals surface area (Å²) >= 11 is 0. The van der Waals surface area contributed by atoms with Crippen LogP contribution >= 0.6 is 0 Å². The van der Waals surface area contributed by atoms with Crippen molar-refractivity contribution in [2.45, 2.75) is 71.2 Å². The second-order valence-corrected chi connectivity index (χ2v) is 7.08. The summed E-state index contributed by atoms with van der Waals surface area (Å²) in [6.45, 7) is 10.1. The second-order valence-electron chi connectivity index (χ2n) is 7.08. The minimum absolute atomic E-state index is 0.0347. The molecule has 1 rings (SSSR count). The molecule has 120 valence electrons. The van der Waals surface area contributed by atoms with Crippen molar-refractivity contribution in [3.8, 4) is 0 Å². The third kappa shape index (κ3) is 4.70. The quantitative estimate of drug-likeness (QED) is 0.730. The minimum Gasteiger partial charge on any atom is -0.458 e. The van der Waals surface area contributed by atoms with Crippen LogP contribution < -0.4 is 5.73 Å². The molecule has 1 aliphatic heterocycles. The highest BCUT2D eigenvalue weighted by Gasteiger charge is 2.48. The van der Waals surface area contributed by atoms with Crippen LogP contribution in [0.4, 0.5) is 4.79 Å². The second kappa shape index (κ2) is 5.63. The summed E-state index contributed by atoms with van der Waals surface area (Å²) in [5.74, 6) is -1.28. The fourth-order valence-corrected chi connectivity index (χ4v) is 1.88. The van der Waals surface area contributed by atoms with E-state index >= 15 is 0 Å². The van der Waals surface area contributed by atoms with Gasteiger partial charge in [-0.05, 0) is 41.5 Å². The summed E-state index contributed by atoms with van der Waals surface area (Å²) in [7, 11) is 0. The molecule has 0 saturated carbocycles. The van der Waals surface area contributed by atoms with Crippen molar-refractivity contribution < 1.29 is 23.9 Å². The van der Waals surface area contributed by atoms with Crippen molar-refractivity contribution >= 4 is 18.0 Å². The van der Waals surface area contributed by atoms with Crippen LogP contribution in [-0.4, -0.2) is 46.2 Å². The number of hydrogen-bond acceptors (Lipinski definition) is 6. The molecule has 0 aromatic carbocycles. The SMILES string of the molecule is CC(C)(C)OC(=O)[C@@H]1C[C@H](N)C(=O)N1C(=O)OC(C)(C)C. The molecular formula is C14H24N2O5. The molecule has 1 saturated heterocycles. The average Bonchev–Trinajstić information content (AvgIpc) is 2.50. The third-order valence-corrected chi connectivity index (χ3v) is 2.61. The van der Waals surface area contributed by atoms with Crippen LogP contribution in [0.2, 0.25) is 0 Å². The molecule has 1 fully saturated rings. The smallest absolute Gasteiger partial charge is 0.417 e. The highest BCUT2D eigenvalue weighted by Crippen LogP contribution is 2.24. The molecule has 0 aromatic rings. The first kappa shape index (κ1) is 17.4. The molecule has 7 nitrogen and oxygen atoms in total. The van der Waals surface area contributed by atoms with Gasteiger partial charge >= 0.3 is 12.1 Å². The van der Waals surface area contributed by atoms with Gasteiger partial charge in [-0.15, -0.1) is 0 Å². The molecule has 0 aromatic heterocycles. The first-order chi connectivity index (χ1) is 9.32. The van der Waals surface area contributed by atoms with Gasteiger partial charge in [0.25, 0.3) is 0 Å². The largest absolute Gasteiger partial charge is 0.458 e. The highest BCUT2D eigenvalue weighted by molar-refractivity contribution is 6.02. The number of amides is 2. The first-order valence-corrected chi connectivity index (χ1v) is 6.86. The van der Waals surface area contributed by atoms with E-state index in [0.29, 0.717) is 0 Å². The number of nitrogens with zero attached hydrogens (tertiary/aromatic N) is 1. The Hall–Kier alpha value is -1.63. The van der Waals surface area contributed by atoms with Crippen molar-refractivity contribution in [3.63, 3.8) is 0 Å². The topological polar surface area (TPSA) is 98.9 Å². The fourth-order valence-electron chi connectivity index (χ4n) is 1.88. The van der Waals surface area contributed by atoms with Crippen molar-refractivity contribution in [1.82, 2.24) is 4.90 Å². The van der Waals surface area contributed by atoms with Crippen LogP contribution in [0.1, 0.15) is 48.0 Å². The molecule has 21 heavy (non-hydrogen) atoms. The Morgan fingerprint density at radius 2 is 1.57 bits per heavy atom. The predicted octanol–water partition coefficient (Wildman–Crippen LogP) is 1.19. The Morgan fingerprint density at radius 1 is 1.10 bits per heavy atom. The number of rotatable bonds is 1.